The second-order valence-corrected chi connectivity index (χ2v) is 8.23. The molecule has 2 atom stereocenters. The molecule has 0 saturated carbocycles. The lowest BCUT2D eigenvalue weighted by Gasteiger charge is -2.38. The minimum Gasteiger partial charge on any atom is -0.487 e. The standard InChI is InChI=1S/C19H33BO4/c1-7-9-18(5,6)23-15-11-19(13-22-17(3,4)8-2)12-21-14(15)10-16(20)24-19/h10-11,16H,7-9,12-13,20H2,1-6H3. The van der Waals surface area contributed by atoms with E-state index in [0.29, 0.717) is 13.2 Å². The Hall–Kier alpha value is -0.935. The van der Waals surface area contributed by atoms with E-state index in [9.17, 15) is 0 Å². The topological polar surface area (TPSA) is 36.9 Å². The van der Waals surface area contributed by atoms with E-state index in [2.05, 4.69) is 47.6 Å². The second kappa shape index (κ2) is 7.13. The molecule has 0 N–H and O–H groups in total. The average Bonchev–Trinajstić information content (AvgIpc) is 2.71. The van der Waals surface area contributed by atoms with Crippen LogP contribution in [0.4, 0.5) is 0 Å². The van der Waals surface area contributed by atoms with Crippen LogP contribution in [0.1, 0.15) is 60.8 Å². The van der Waals surface area contributed by atoms with Gasteiger partial charge in [0.1, 0.15) is 25.7 Å². The normalized spacial score (nSPS) is 27.2. The molecule has 0 saturated heterocycles. The molecular weight excluding hydrogens is 303 g/mol. The first-order valence-corrected chi connectivity index (χ1v) is 9.19. The zero-order chi connectivity index (χ0) is 18.0. The van der Waals surface area contributed by atoms with E-state index in [1.807, 2.05) is 13.9 Å². The van der Waals surface area contributed by atoms with Crippen molar-refractivity contribution in [3.8, 4) is 0 Å². The zero-order valence-electron chi connectivity index (χ0n) is 16.4. The molecule has 4 nitrogen and oxygen atoms in total. The molecular formula is C19H33BO4. The van der Waals surface area contributed by atoms with Gasteiger partial charge in [-0.1, -0.05) is 20.3 Å². The predicted octanol–water partition coefficient (Wildman–Crippen LogP) is 3.31. The average molecular weight is 336 g/mol. The fourth-order valence-corrected chi connectivity index (χ4v) is 3.01. The molecule has 0 spiro atoms. The van der Waals surface area contributed by atoms with E-state index in [0.717, 1.165) is 30.8 Å². The third-order valence-corrected chi connectivity index (χ3v) is 4.71. The van der Waals surface area contributed by atoms with E-state index in [-0.39, 0.29) is 17.2 Å². The fourth-order valence-electron chi connectivity index (χ4n) is 3.01. The van der Waals surface area contributed by atoms with Gasteiger partial charge in [0.05, 0.1) is 12.2 Å². The Balaban J connectivity index is 2.23. The van der Waals surface area contributed by atoms with Crippen molar-refractivity contribution in [1.82, 2.24) is 0 Å². The summed E-state index contributed by atoms with van der Waals surface area (Å²) < 4.78 is 24.7. The molecule has 0 aromatic heterocycles. The molecule has 2 bridgehead atoms. The van der Waals surface area contributed by atoms with Crippen LogP contribution >= 0.6 is 0 Å². The van der Waals surface area contributed by atoms with Gasteiger partial charge in [0.2, 0.25) is 0 Å². The summed E-state index contributed by atoms with van der Waals surface area (Å²) in [6, 6.07) is -0.0394. The second-order valence-electron chi connectivity index (χ2n) is 8.23. The Morgan fingerprint density at radius 2 is 1.96 bits per heavy atom. The summed E-state index contributed by atoms with van der Waals surface area (Å²) >= 11 is 0. The van der Waals surface area contributed by atoms with Crippen LogP contribution in [0.5, 0.6) is 0 Å². The van der Waals surface area contributed by atoms with Crippen LogP contribution in [0.2, 0.25) is 0 Å². The fraction of sp³-hybridized carbons (Fsp3) is 0.789. The van der Waals surface area contributed by atoms with E-state index in [4.69, 9.17) is 18.9 Å². The molecule has 24 heavy (non-hydrogen) atoms. The SMILES string of the molecule is BC1C=C2OCC(COC(C)(C)CC)(C=C2OC(C)(C)CCC)O1. The van der Waals surface area contributed by atoms with Gasteiger partial charge in [-0.3, -0.25) is 0 Å². The molecule has 0 radical (unpaired) electrons. The van der Waals surface area contributed by atoms with Crippen molar-refractivity contribution in [3.63, 3.8) is 0 Å². The maximum absolute atomic E-state index is 6.30. The van der Waals surface area contributed by atoms with Gasteiger partial charge in [0, 0.05) is 6.00 Å². The minimum absolute atomic E-state index is 0.0394. The van der Waals surface area contributed by atoms with Crippen molar-refractivity contribution >= 4 is 7.85 Å². The molecule has 0 fully saturated rings. The maximum atomic E-state index is 6.30. The Bertz CT molecular complexity index is 509. The lowest BCUT2D eigenvalue weighted by molar-refractivity contribution is -0.137. The van der Waals surface area contributed by atoms with E-state index >= 15 is 0 Å². The van der Waals surface area contributed by atoms with Crippen LogP contribution in [0.25, 0.3) is 0 Å². The van der Waals surface area contributed by atoms with Crippen LogP contribution in [-0.4, -0.2) is 43.9 Å². The van der Waals surface area contributed by atoms with E-state index in [1.165, 1.54) is 0 Å². The summed E-state index contributed by atoms with van der Waals surface area (Å²) in [6.07, 6.45) is 7.06. The van der Waals surface area contributed by atoms with Gasteiger partial charge >= 0.3 is 0 Å². The summed E-state index contributed by atoms with van der Waals surface area (Å²) in [5, 5.41) is 0. The van der Waals surface area contributed by atoms with Gasteiger partial charge < -0.3 is 18.9 Å². The molecule has 0 aromatic rings. The van der Waals surface area contributed by atoms with Crippen LogP contribution in [0.15, 0.2) is 23.7 Å². The van der Waals surface area contributed by atoms with E-state index in [1.54, 1.807) is 0 Å². The van der Waals surface area contributed by atoms with Gasteiger partial charge in [0.25, 0.3) is 0 Å². The Labute approximate surface area is 148 Å². The summed E-state index contributed by atoms with van der Waals surface area (Å²) in [5.41, 5.74) is -1.01. The van der Waals surface area contributed by atoms with Crippen LogP contribution < -0.4 is 0 Å². The zero-order valence-corrected chi connectivity index (χ0v) is 16.4. The monoisotopic (exact) mass is 336 g/mol. The molecule has 0 aliphatic carbocycles. The highest BCUT2D eigenvalue weighted by Crippen LogP contribution is 2.37. The summed E-state index contributed by atoms with van der Waals surface area (Å²) in [4.78, 5) is 0. The number of fused-ring (bicyclic) bond motifs is 3. The first kappa shape index (κ1) is 19.4. The third-order valence-electron chi connectivity index (χ3n) is 4.71. The van der Waals surface area contributed by atoms with E-state index < -0.39 is 5.60 Å². The highest BCUT2D eigenvalue weighted by atomic mass is 16.6. The molecule has 136 valence electrons. The number of rotatable bonds is 8. The van der Waals surface area contributed by atoms with Crippen molar-refractivity contribution in [2.75, 3.05) is 13.2 Å². The van der Waals surface area contributed by atoms with Crippen molar-refractivity contribution in [2.45, 2.75) is 83.6 Å². The van der Waals surface area contributed by atoms with Gasteiger partial charge in [-0.25, -0.2) is 0 Å². The summed E-state index contributed by atoms with van der Waals surface area (Å²) in [5.74, 6) is 1.57. The van der Waals surface area contributed by atoms with Gasteiger partial charge in [-0.2, -0.15) is 0 Å². The quantitative estimate of drug-likeness (QED) is 0.637. The van der Waals surface area contributed by atoms with Gasteiger partial charge in [0.15, 0.2) is 11.5 Å². The number of hydrogen-bond donors (Lipinski definition) is 0. The molecule has 3 heterocycles. The lowest BCUT2D eigenvalue weighted by atomic mass is 9.98. The number of hydrogen-bond acceptors (Lipinski definition) is 4. The largest absolute Gasteiger partial charge is 0.487 e. The lowest BCUT2D eigenvalue weighted by Crippen LogP contribution is -2.46. The molecule has 2 unspecified atom stereocenters. The predicted molar refractivity (Wildman–Crippen MR) is 98.7 cm³/mol. The van der Waals surface area contributed by atoms with Crippen molar-refractivity contribution < 1.29 is 18.9 Å². The number of ether oxygens (including phenoxy) is 4. The Kier molecular flexibility index (Phi) is 5.76. The first-order valence-electron chi connectivity index (χ1n) is 9.19. The highest BCUT2D eigenvalue weighted by Gasteiger charge is 2.42. The Morgan fingerprint density at radius 1 is 1.25 bits per heavy atom. The van der Waals surface area contributed by atoms with Crippen LogP contribution in [0, 0.1) is 0 Å². The minimum atomic E-state index is -0.597. The molecule has 0 aromatic carbocycles. The van der Waals surface area contributed by atoms with Crippen LogP contribution in [0.3, 0.4) is 0 Å². The van der Waals surface area contributed by atoms with Gasteiger partial charge in [-0.15, -0.1) is 0 Å². The molecule has 0 amide bonds. The van der Waals surface area contributed by atoms with Crippen LogP contribution in [-0.2, 0) is 18.9 Å². The highest BCUT2D eigenvalue weighted by molar-refractivity contribution is 6.12. The molecule has 5 heteroatoms. The molecule has 3 aliphatic rings. The van der Waals surface area contributed by atoms with Crippen molar-refractivity contribution in [3.05, 3.63) is 23.7 Å². The Morgan fingerprint density at radius 3 is 2.58 bits per heavy atom. The van der Waals surface area contributed by atoms with Crippen molar-refractivity contribution in [2.24, 2.45) is 0 Å². The van der Waals surface area contributed by atoms with Crippen molar-refractivity contribution in [1.29, 1.82) is 0 Å². The maximum Gasteiger partial charge on any atom is 0.160 e. The smallest absolute Gasteiger partial charge is 0.160 e. The molecule has 3 rings (SSSR count). The van der Waals surface area contributed by atoms with Gasteiger partial charge in [-0.05, 0) is 52.7 Å². The third kappa shape index (κ3) is 4.79. The first-order chi connectivity index (χ1) is 11.1. The summed E-state index contributed by atoms with van der Waals surface area (Å²) in [7, 11) is 2.03. The molecule has 3 aliphatic heterocycles. The summed E-state index contributed by atoms with van der Waals surface area (Å²) in [6.45, 7) is 13.6.